The minimum atomic E-state index is -0.516. The zero-order chi connectivity index (χ0) is 25.0. The molecule has 7 nitrogen and oxygen atoms in total. The molecule has 2 aromatic rings. The largest absolute Gasteiger partial charge is 0.444 e. The summed E-state index contributed by atoms with van der Waals surface area (Å²) >= 11 is 6.03. The number of amides is 1. The lowest BCUT2D eigenvalue weighted by Gasteiger charge is -2.33. The third-order valence-electron chi connectivity index (χ3n) is 6.31. The van der Waals surface area contributed by atoms with E-state index in [2.05, 4.69) is 4.57 Å². The first-order valence-electron chi connectivity index (χ1n) is 12.4. The molecule has 0 bridgehead atoms. The third kappa shape index (κ3) is 6.96. The van der Waals surface area contributed by atoms with Crippen molar-refractivity contribution in [1.29, 1.82) is 0 Å². The maximum atomic E-state index is 13.7. The average Bonchev–Trinajstić information content (AvgIpc) is 3.25. The van der Waals surface area contributed by atoms with Gasteiger partial charge in [0.25, 0.3) is 0 Å². The number of carbonyl (C=O) groups is 1. The number of aromatic nitrogens is 2. The van der Waals surface area contributed by atoms with Gasteiger partial charge >= 0.3 is 6.09 Å². The summed E-state index contributed by atoms with van der Waals surface area (Å²) in [5, 5.41) is 0.0713. The molecule has 1 aromatic heterocycles. The highest BCUT2D eigenvalue weighted by molar-refractivity contribution is 6.31. The molecule has 0 N–H and O–H groups in total. The highest BCUT2D eigenvalue weighted by Crippen LogP contribution is 2.32. The summed E-state index contributed by atoms with van der Waals surface area (Å²) in [7, 11) is 0. The lowest BCUT2D eigenvalue weighted by atomic mass is 9.96. The molecule has 2 aliphatic rings. The first-order chi connectivity index (χ1) is 16.7. The number of imidazole rings is 1. The van der Waals surface area contributed by atoms with Crippen LogP contribution in [-0.2, 0) is 20.8 Å². The molecular formula is C26H35ClFN3O4. The number of carbonyl (C=O) groups excluding carboxylic acids is 1. The molecule has 1 amide bonds. The van der Waals surface area contributed by atoms with Gasteiger partial charge in [-0.1, -0.05) is 11.6 Å². The molecule has 3 heterocycles. The fourth-order valence-electron chi connectivity index (χ4n) is 4.50. The molecule has 2 fully saturated rings. The Morgan fingerprint density at radius 1 is 1.23 bits per heavy atom. The maximum absolute atomic E-state index is 13.7. The van der Waals surface area contributed by atoms with Gasteiger partial charge in [0, 0.05) is 43.9 Å². The Morgan fingerprint density at radius 3 is 2.66 bits per heavy atom. The summed E-state index contributed by atoms with van der Waals surface area (Å²) in [5.74, 6) is 0.673. The second-order valence-corrected chi connectivity index (χ2v) is 10.6. The fourth-order valence-corrected chi connectivity index (χ4v) is 4.68. The smallest absolute Gasteiger partial charge is 0.410 e. The second-order valence-electron chi connectivity index (χ2n) is 10.2. The zero-order valence-electron chi connectivity index (χ0n) is 20.8. The number of hydrogen-bond donors (Lipinski definition) is 0. The van der Waals surface area contributed by atoms with E-state index in [1.54, 1.807) is 17.0 Å². The predicted octanol–water partition coefficient (Wildman–Crippen LogP) is 6.00. The Kier molecular flexibility index (Phi) is 8.34. The molecule has 0 spiro atoms. The number of benzene rings is 1. The number of nitrogens with zero attached hydrogens (tertiary/aromatic N) is 3. The van der Waals surface area contributed by atoms with Crippen molar-refractivity contribution >= 4 is 17.7 Å². The molecule has 2 aliphatic heterocycles. The van der Waals surface area contributed by atoms with Gasteiger partial charge in [-0.05, 0) is 71.1 Å². The van der Waals surface area contributed by atoms with Gasteiger partial charge in [-0.25, -0.2) is 14.2 Å². The van der Waals surface area contributed by atoms with Crippen LogP contribution in [0.25, 0.3) is 11.3 Å². The van der Waals surface area contributed by atoms with Gasteiger partial charge in [-0.2, -0.15) is 0 Å². The summed E-state index contributed by atoms with van der Waals surface area (Å²) in [4.78, 5) is 19.2. The van der Waals surface area contributed by atoms with E-state index in [0.717, 1.165) is 55.8 Å². The molecule has 9 heteroatoms. The van der Waals surface area contributed by atoms with Crippen LogP contribution in [0.5, 0.6) is 0 Å². The molecule has 1 aromatic carbocycles. The highest BCUT2D eigenvalue weighted by atomic mass is 35.5. The van der Waals surface area contributed by atoms with Crippen molar-refractivity contribution in [2.24, 2.45) is 0 Å². The molecule has 192 valence electrons. The van der Waals surface area contributed by atoms with Gasteiger partial charge in [0.1, 0.15) is 17.2 Å². The zero-order valence-corrected chi connectivity index (χ0v) is 21.5. The maximum Gasteiger partial charge on any atom is 0.410 e. The highest BCUT2D eigenvalue weighted by Gasteiger charge is 2.30. The quantitative estimate of drug-likeness (QED) is 0.479. The van der Waals surface area contributed by atoms with E-state index < -0.39 is 11.4 Å². The predicted molar refractivity (Wildman–Crippen MR) is 132 cm³/mol. The topological polar surface area (TPSA) is 65.8 Å². The molecular weight excluding hydrogens is 473 g/mol. The summed E-state index contributed by atoms with van der Waals surface area (Å²) in [6, 6.07) is 4.65. The van der Waals surface area contributed by atoms with Gasteiger partial charge in [-0.15, -0.1) is 0 Å². The minimum absolute atomic E-state index is 0.0713. The van der Waals surface area contributed by atoms with E-state index in [4.69, 9.17) is 30.8 Å². The van der Waals surface area contributed by atoms with Crippen LogP contribution in [0.4, 0.5) is 9.18 Å². The van der Waals surface area contributed by atoms with Gasteiger partial charge in [0.2, 0.25) is 0 Å². The van der Waals surface area contributed by atoms with Crippen molar-refractivity contribution < 1.29 is 23.4 Å². The Hall–Kier alpha value is -2.16. The van der Waals surface area contributed by atoms with Crippen LogP contribution in [0.1, 0.15) is 64.6 Å². The SMILES string of the molecule is CC(C)(C)OC(=O)N1CCC(c2nc(-c3ccc(F)c(Cl)c3)cn2CCOC2CCCCO2)CC1. The van der Waals surface area contributed by atoms with Crippen LogP contribution in [0.3, 0.4) is 0 Å². The van der Waals surface area contributed by atoms with Gasteiger partial charge < -0.3 is 23.7 Å². The van der Waals surface area contributed by atoms with Crippen LogP contribution >= 0.6 is 11.6 Å². The standard InChI is InChI=1S/C26H35ClFN3O4/c1-26(2,3)35-25(32)30-11-9-18(10-12-30)24-29-22(19-7-8-21(28)20(27)16-19)17-31(24)13-15-34-23-6-4-5-14-33-23/h7-8,16-18,23H,4-6,9-15H2,1-3H3. The lowest BCUT2D eigenvalue weighted by Crippen LogP contribution is -2.41. The van der Waals surface area contributed by atoms with Gasteiger partial charge in [-0.3, -0.25) is 0 Å². The van der Waals surface area contributed by atoms with E-state index in [1.165, 1.54) is 6.07 Å². The first kappa shape index (κ1) is 25.9. The van der Waals surface area contributed by atoms with Gasteiger partial charge in [0.05, 0.1) is 17.3 Å². The number of rotatable bonds is 6. The molecule has 0 radical (unpaired) electrons. The van der Waals surface area contributed by atoms with Crippen LogP contribution < -0.4 is 0 Å². The number of piperidine rings is 1. The molecule has 0 saturated carbocycles. The van der Waals surface area contributed by atoms with Crippen molar-refractivity contribution in [1.82, 2.24) is 14.5 Å². The Morgan fingerprint density at radius 2 is 2.00 bits per heavy atom. The molecule has 35 heavy (non-hydrogen) atoms. The lowest BCUT2D eigenvalue weighted by molar-refractivity contribution is -0.163. The molecule has 1 unspecified atom stereocenters. The normalized spacial score (nSPS) is 19.7. The van der Waals surface area contributed by atoms with Crippen LogP contribution in [-0.4, -0.2) is 58.7 Å². The number of ether oxygens (including phenoxy) is 3. The van der Waals surface area contributed by atoms with Crippen LogP contribution in [0.2, 0.25) is 5.02 Å². The van der Waals surface area contributed by atoms with Crippen molar-refractivity contribution in [3.05, 3.63) is 41.1 Å². The Labute approximate surface area is 211 Å². The van der Waals surface area contributed by atoms with Crippen molar-refractivity contribution in [3.8, 4) is 11.3 Å². The molecule has 0 aliphatic carbocycles. The van der Waals surface area contributed by atoms with E-state index in [9.17, 15) is 9.18 Å². The third-order valence-corrected chi connectivity index (χ3v) is 6.60. The second kappa shape index (κ2) is 11.3. The average molecular weight is 508 g/mol. The van der Waals surface area contributed by atoms with Gasteiger partial charge in [0.15, 0.2) is 6.29 Å². The monoisotopic (exact) mass is 507 g/mol. The number of likely N-dealkylation sites (tertiary alicyclic amines) is 1. The summed E-state index contributed by atoms with van der Waals surface area (Å²) in [6.07, 6.45) is 6.23. The van der Waals surface area contributed by atoms with Crippen molar-refractivity contribution in [2.75, 3.05) is 26.3 Å². The van der Waals surface area contributed by atoms with E-state index >= 15 is 0 Å². The number of hydrogen-bond acceptors (Lipinski definition) is 5. The molecule has 4 rings (SSSR count). The van der Waals surface area contributed by atoms with Crippen LogP contribution in [0, 0.1) is 5.82 Å². The Balaban J connectivity index is 1.47. The first-order valence-corrected chi connectivity index (χ1v) is 12.8. The van der Waals surface area contributed by atoms with Crippen LogP contribution in [0.15, 0.2) is 24.4 Å². The van der Waals surface area contributed by atoms with E-state index in [1.807, 2.05) is 27.0 Å². The van der Waals surface area contributed by atoms with Crippen molar-refractivity contribution in [2.45, 2.75) is 77.2 Å². The number of halogens is 2. The molecule has 1 atom stereocenters. The van der Waals surface area contributed by atoms with E-state index in [0.29, 0.717) is 26.2 Å². The minimum Gasteiger partial charge on any atom is -0.444 e. The van der Waals surface area contributed by atoms with E-state index in [-0.39, 0.29) is 23.3 Å². The van der Waals surface area contributed by atoms with Crippen molar-refractivity contribution in [3.63, 3.8) is 0 Å². The Bertz CT molecular complexity index is 1010. The molecule has 2 saturated heterocycles. The summed E-state index contributed by atoms with van der Waals surface area (Å²) < 4.78 is 33.0. The summed E-state index contributed by atoms with van der Waals surface area (Å²) in [5.41, 5.74) is 0.988. The fraction of sp³-hybridized carbons (Fsp3) is 0.615. The summed E-state index contributed by atoms with van der Waals surface area (Å²) in [6.45, 7) is 8.71.